The zero-order valence-electron chi connectivity index (χ0n) is 17.6. The number of carbonyl (C=O) groups is 1. The Morgan fingerprint density at radius 1 is 1.31 bits per heavy atom. The molecule has 0 bridgehead atoms. The monoisotopic (exact) mass is 390 g/mol. The predicted molar refractivity (Wildman–Crippen MR) is 114 cm³/mol. The summed E-state index contributed by atoms with van der Waals surface area (Å²) < 4.78 is 7.41. The van der Waals surface area contributed by atoms with Crippen LogP contribution >= 0.6 is 0 Å². The Kier molecular flexibility index (Phi) is 4.41. The van der Waals surface area contributed by atoms with Gasteiger partial charge in [0.2, 0.25) is 0 Å². The van der Waals surface area contributed by atoms with Gasteiger partial charge in [0.1, 0.15) is 5.75 Å². The lowest BCUT2D eigenvalue weighted by Gasteiger charge is -2.48. The van der Waals surface area contributed by atoms with E-state index in [-0.39, 0.29) is 5.41 Å². The molecule has 0 saturated heterocycles. The molecule has 2 aromatic rings. The second kappa shape index (κ2) is 6.86. The Morgan fingerprint density at radius 2 is 2.17 bits per heavy atom. The average Bonchev–Trinajstić information content (AvgIpc) is 3.30. The van der Waals surface area contributed by atoms with Gasteiger partial charge in [-0.3, -0.25) is 9.48 Å². The highest BCUT2D eigenvalue weighted by molar-refractivity contribution is 6.05. The van der Waals surface area contributed by atoms with Gasteiger partial charge in [-0.2, -0.15) is 5.10 Å². The number of ether oxygens (including phenoxy) is 1. The van der Waals surface area contributed by atoms with E-state index in [1.165, 1.54) is 17.5 Å². The molecule has 1 heterocycles. The lowest BCUT2D eigenvalue weighted by molar-refractivity contribution is -0.127. The molecule has 3 aliphatic rings. The SMILES string of the molecule is CCn1nccc1C=C1CC2C3CCc4cc(OC)ccc4C3CCC2(C)C1=O. The predicted octanol–water partition coefficient (Wildman–Crippen LogP) is 5.03. The van der Waals surface area contributed by atoms with Crippen LogP contribution in [0.25, 0.3) is 6.08 Å². The highest BCUT2D eigenvalue weighted by Gasteiger charge is 2.56. The molecule has 1 aromatic heterocycles. The maximum Gasteiger partial charge on any atom is 0.165 e. The van der Waals surface area contributed by atoms with Crippen LogP contribution in [0.5, 0.6) is 5.75 Å². The zero-order valence-corrected chi connectivity index (χ0v) is 17.6. The minimum absolute atomic E-state index is 0.200. The van der Waals surface area contributed by atoms with Crippen LogP contribution in [0.2, 0.25) is 0 Å². The van der Waals surface area contributed by atoms with Crippen molar-refractivity contribution in [2.45, 2.75) is 58.4 Å². The first-order chi connectivity index (χ1) is 14.0. The summed E-state index contributed by atoms with van der Waals surface area (Å²) in [5, 5.41) is 4.37. The van der Waals surface area contributed by atoms with Crippen molar-refractivity contribution in [2.75, 3.05) is 7.11 Å². The summed E-state index contributed by atoms with van der Waals surface area (Å²) in [5.74, 6) is 2.96. The summed E-state index contributed by atoms with van der Waals surface area (Å²) in [7, 11) is 1.74. The van der Waals surface area contributed by atoms with Gasteiger partial charge in [-0.25, -0.2) is 0 Å². The number of hydrogen-bond donors (Lipinski definition) is 0. The molecule has 0 aliphatic heterocycles. The van der Waals surface area contributed by atoms with Crippen LogP contribution in [-0.2, 0) is 17.8 Å². The molecular formula is C25H30N2O2. The molecule has 0 spiro atoms. The van der Waals surface area contributed by atoms with E-state index in [4.69, 9.17) is 4.74 Å². The number of carbonyl (C=O) groups excluding carboxylic acids is 1. The standard InChI is InChI=1S/C25H30N2O2/c1-4-27-18(10-12-26-27)13-17-15-23-22-7-5-16-14-19(29-3)6-8-20(16)21(22)9-11-25(23,2)24(17)28/h6,8,10,12-14,21-23H,4-5,7,9,11,15H2,1-3H3. The molecule has 5 rings (SSSR count). The minimum atomic E-state index is -0.200. The third-order valence-electron chi connectivity index (χ3n) is 7.94. The van der Waals surface area contributed by atoms with Gasteiger partial charge in [0.25, 0.3) is 0 Å². The van der Waals surface area contributed by atoms with Crippen molar-refractivity contribution in [3.8, 4) is 5.75 Å². The third kappa shape index (κ3) is 2.79. The van der Waals surface area contributed by atoms with Gasteiger partial charge < -0.3 is 4.74 Å². The molecule has 0 radical (unpaired) electrons. The number of rotatable bonds is 3. The number of methoxy groups -OCH3 is 1. The molecule has 4 heteroatoms. The lowest BCUT2D eigenvalue weighted by atomic mass is 9.55. The zero-order chi connectivity index (χ0) is 20.2. The minimum Gasteiger partial charge on any atom is -0.497 e. The molecule has 2 saturated carbocycles. The maximum atomic E-state index is 13.5. The first-order valence-electron chi connectivity index (χ1n) is 11.0. The summed E-state index contributed by atoms with van der Waals surface area (Å²) >= 11 is 0. The van der Waals surface area contributed by atoms with Crippen LogP contribution in [0.15, 0.2) is 36.0 Å². The highest BCUT2D eigenvalue weighted by Crippen LogP contribution is 2.60. The molecule has 0 N–H and O–H groups in total. The van der Waals surface area contributed by atoms with Gasteiger partial charge >= 0.3 is 0 Å². The summed E-state index contributed by atoms with van der Waals surface area (Å²) in [5.41, 5.74) is 4.80. The molecule has 152 valence electrons. The highest BCUT2D eigenvalue weighted by atomic mass is 16.5. The van der Waals surface area contributed by atoms with Crippen LogP contribution in [0, 0.1) is 17.3 Å². The fourth-order valence-electron chi connectivity index (χ4n) is 6.39. The summed E-state index contributed by atoms with van der Waals surface area (Å²) in [6, 6.07) is 8.62. The summed E-state index contributed by atoms with van der Waals surface area (Å²) in [4.78, 5) is 13.5. The summed E-state index contributed by atoms with van der Waals surface area (Å²) in [6.45, 7) is 5.15. The molecule has 1 aromatic carbocycles. The Labute approximate surface area is 173 Å². The molecule has 2 fully saturated rings. The largest absolute Gasteiger partial charge is 0.497 e. The van der Waals surface area contributed by atoms with E-state index < -0.39 is 0 Å². The second-order valence-electron chi connectivity index (χ2n) is 9.21. The molecule has 4 nitrogen and oxygen atoms in total. The molecule has 0 amide bonds. The van der Waals surface area contributed by atoms with Crippen molar-refractivity contribution in [2.24, 2.45) is 17.3 Å². The fourth-order valence-corrected chi connectivity index (χ4v) is 6.39. The smallest absolute Gasteiger partial charge is 0.165 e. The van der Waals surface area contributed by atoms with Crippen LogP contribution in [0.4, 0.5) is 0 Å². The number of allylic oxidation sites excluding steroid dienone is 1. The normalized spacial score (nSPS) is 32.0. The Balaban J connectivity index is 1.48. The number of fused-ring (bicyclic) bond motifs is 5. The first-order valence-corrected chi connectivity index (χ1v) is 11.0. The molecule has 4 unspecified atom stereocenters. The Morgan fingerprint density at radius 3 is 2.97 bits per heavy atom. The number of Topliss-reactive ketones (excluding diaryl/α,β-unsaturated/α-hetero) is 1. The van der Waals surface area contributed by atoms with E-state index in [0.29, 0.717) is 23.5 Å². The maximum absolute atomic E-state index is 13.5. The average molecular weight is 391 g/mol. The van der Waals surface area contributed by atoms with Crippen LogP contribution in [0.1, 0.15) is 62.3 Å². The van der Waals surface area contributed by atoms with Gasteiger partial charge in [0, 0.05) is 18.2 Å². The van der Waals surface area contributed by atoms with Crippen molar-refractivity contribution in [1.29, 1.82) is 0 Å². The molecule has 29 heavy (non-hydrogen) atoms. The number of aryl methyl sites for hydroxylation is 2. The van der Waals surface area contributed by atoms with Crippen molar-refractivity contribution >= 4 is 11.9 Å². The topological polar surface area (TPSA) is 44.1 Å². The number of hydrogen-bond acceptors (Lipinski definition) is 3. The van der Waals surface area contributed by atoms with Crippen molar-refractivity contribution < 1.29 is 9.53 Å². The van der Waals surface area contributed by atoms with E-state index in [0.717, 1.165) is 49.2 Å². The number of nitrogens with zero attached hydrogens (tertiary/aromatic N) is 2. The summed E-state index contributed by atoms with van der Waals surface area (Å²) in [6.07, 6.45) is 9.23. The third-order valence-corrected chi connectivity index (χ3v) is 7.94. The second-order valence-corrected chi connectivity index (χ2v) is 9.21. The van der Waals surface area contributed by atoms with Gasteiger partial charge in [0.05, 0.1) is 12.8 Å². The first kappa shape index (κ1) is 18.7. The lowest BCUT2D eigenvalue weighted by Crippen LogP contribution is -2.42. The Hall–Kier alpha value is -2.36. The number of aromatic nitrogens is 2. The molecule has 3 aliphatic carbocycles. The van der Waals surface area contributed by atoms with Crippen molar-refractivity contribution in [1.82, 2.24) is 9.78 Å². The number of benzene rings is 1. The van der Waals surface area contributed by atoms with Crippen LogP contribution < -0.4 is 4.74 Å². The number of ketones is 1. The van der Waals surface area contributed by atoms with Crippen LogP contribution in [0.3, 0.4) is 0 Å². The van der Waals surface area contributed by atoms with E-state index in [2.05, 4.69) is 43.2 Å². The quantitative estimate of drug-likeness (QED) is 0.691. The van der Waals surface area contributed by atoms with E-state index in [1.54, 1.807) is 7.11 Å². The molecule has 4 atom stereocenters. The van der Waals surface area contributed by atoms with Gasteiger partial charge in [-0.05, 0) is 97.8 Å². The van der Waals surface area contributed by atoms with Gasteiger partial charge in [-0.15, -0.1) is 0 Å². The Bertz CT molecular complexity index is 988. The van der Waals surface area contributed by atoms with Gasteiger partial charge in [0.15, 0.2) is 5.78 Å². The van der Waals surface area contributed by atoms with Crippen molar-refractivity contribution in [3.05, 3.63) is 52.9 Å². The van der Waals surface area contributed by atoms with E-state index >= 15 is 0 Å². The van der Waals surface area contributed by atoms with Crippen LogP contribution in [-0.4, -0.2) is 22.7 Å². The molecular weight excluding hydrogens is 360 g/mol. The van der Waals surface area contributed by atoms with E-state index in [1.807, 2.05) is 16.9 Å². The van der Waals surface area contributed by atoms with Crippen molar-refractivity contribution in [3.63, 3.8) is 0 Å². The van der Waals surface area contributed by atoms with E-state index in [9.17, 15) is 4.79 Å². The van der Waals surface area contributed by atoms with Gasteiger partial charge in [-0.1, -0.05) is 13.0 Å². The fraction of sp³-hybridized carbons (Fsp3) is 0.520.